The van der Waals surface area contributed by atoms with Crippen molar-refractivity contribution in [1.29, 1.82) is 0 Å². The van der Waals surface area contributed by atoms with Crippen LogP contribution < -0.4 is 19.1 Å². The highest BCUT2D eigenvalue weighted by atomic mass is 32.2. The summed E-state index contributed by atoms with van der Waals surface area (Å²) in [6, 6.07) is 14.2. The standard InChI is InChI=1S/C19H24N2O5S/c1-25-17-10-6-4-8-15(17)14-20-19(22)12-13-21(27(3,23)24)16-9-5-7-11-18(16)26-2/h4-11H,12-14H2,1-3H3,(H,20,22). The van der Waals surface area contributed by atoms with Crippen molar-refractivity contribution < 1.29 is 22.7 Å². The lowest BCUT2D eigenvalue weighted by molar-refractivity contribution is -0.121. The van der Waals surface area contributed by atoms with Gasteiger partial charge in [0.25, 0.3) is 0 Å². The van der Waals surface area contributed by atoms with Gasteiger partial charge < -0.3 is 14.8 Å². The fourth-order valence-corrected chi connectivity index (χ4v) is 3.57. The van der Waals surface area contributed by atoms with Gasteiger partial charge in [0.05, 0.1) is 26.2 Å². The third kappa shape index (κ3) is 5.62. The summed E-state index contributed by atoms with van der Waals surface area (Å²) in [7, 11) is -0.532. The van der Waals surface area contributed by atoms with Crippen molar-refractivity contribution in [1.82, 2.24) is 5.32 Å². The molecule has 0 radical (unpaired) electrons. The third-order valence-corrected chi connectivity index (χ3v) is 5.14. The van der Waals surface area contributed by atoms with Crippen LogP contribution in [-0.4, -0.2) is 41.3 Å². The second kappa shape index (κ2) is 9.27. The molecule has 0 saturated heterocycles. The Morgan fingerprint density at radius 2 is 1.59 bits per heavy atom. The number of hydrogen-bond acceptors (Lipinski definition) is 5. The maximum absolute atomic E-state index is 12.2. The summed E-state index contributed by atoms with van der Waals surface area (Å²) in [5.74, 6) is 0.853. The van der Waals surface area contributed by atoms with Gasteiger partial charge in [-0.05, 0) is 18.2 Å². The van der Waals surface area contributed by atoms with Crippen LogP contribution in [0.5, 0.6) is 11.5 Å². The van der Waals surface area contributed by atoms with E-state index in [4.69, 9.17) is 9.47 Å². The molecule has 0 unspecified atom stereocenters. The van der Waals surface area contributed by atoms with Crippen molar-refractivity contribution in [3.05, 3.63) is 54.1 Å². The summed E-state index contributed by atoms with van der Waals surface area (Å²) in [6.07, 6.45) is 1.12. The topological polar surface area (TPSA) is 84.9 Å². The third-order valence-electron chi connectivity index (χ3n) is 3.96. The number of carbonyl (C=O) groups is 1. The first kappa shape index (κ1) is 20.6. The molecule has 27 heavy (non-hydrogen) atoms. The Hall–Kier alpha value is -2.74. The SMILES string of the molecule is COc1ccccc1CNC(=O)CCN(c1ccccc1OC)S(C)(=O)=O. The largest absolute Gasteiger partial charge is 0.496 e. The van der Waals surface area contributed by atoms with Crippen LogP contribution in [0.1, 0.15) is 12.0 Å². The molecular formula is C19H24N2O5S. The summed E-state index contributed by atoms with van der Waals surface area (Å²) in [6.45, 7) is 0.313. The second-order valence-electron chi connectivity index (χ2n) is 5.85. The molecule has 7 nitrogen and oxygen atoms in total. The van der Waals surface area contributed by atoms with E-state index in [9.17, 15) is 13.2 Å². The first-order chi connectivity index (χ1) is 12.9. The molecule has 146 valence electrons. The Labute approximate surface area is 160 Å². The fourth-order valence-electron chi connectivity index (χ4n) is 2.64. The molecule has 2 aromatic carbocycles. The van der Waals surface area contributed by atoms with Gasteiger partial charge >= 0.3 is 0 Å². The molecule has 2 aromatic rings. The van der Waals surface area contributed by atoms with Gasteiger partial charge in [-0.15, -0.1) is 0 Å². The van der Waals surface area contributed by atoms with Crippen LogP contribution >= 0.6 is 0 Å². The highest BCUT2D eigenvalue weighted by molar-refractivity contribution is 7.92. The Morgan fingerprint density at radius 3 is 2.22 bits per heavy atom. The summed E-state index contributed by atoms with van der Waals surface area (Å²) >= 11 is 0. The zero-order valence-electron chi connectivity index (χ0n) is 15.6. The second-order valence-corrected chi connectivity index (χ2v) is 7.75. The first-order valence-electron chi connectivity index (χ1n) is 8.36. The van der Waals surface area contributed by atoms with E-state index in [1.807, 2.05) is 24.3 Å². The van der Waals surface area contributed by atoms with Gasteiger partial charge in [-0.3, -0.25) is 9.10 Å². The zero-order chi connectivity index (χ0) is 19.9. The first-order valence-corrected chi connectivity index (χ1v) is 10.2. The maximum atomic E-state index is 12.2. The molecule has 2 rings (SSSR count). The van der Waals surface area contributed by atoms with E-state index in [0.29, 0.717) is 23.7 Å². The molecule has 0 aromatic heterocycles. The predicted octanol–water partition coefficient (Wildman–Crippen LogP) is 2.18. The molecule has 0 aliphatic heterocycles. The van der Waals surface area contributed by atoms with Crippen LogP contribution in [0.25, 0.3) is 0 Å². The molecule has 1 amide bonds. The summed E-state index contributed by atoms with van der Waals surface area (Å²) in [4.78, 5) is 12.2. The number of methoxy groups -OCH3 is 2. The van der Waals surface area contributed by atoms with E-state index in [2.05, 4.69) is 5.32 Å². The Balaban J connectivity index is 2.04. The van der Waals surface area contributed by atoms with Gasteiger partial charge in [-0.1, -0.05) is 30.3 Å². The van der Waals surface area contributed by atoms with E-state index in [1.54, 1.807) is 31.4 Å². The van der Waals surface area contributed by atoms with Crippen LogP contribution in [0.2, 0.25) is 0 Å². The van der Waals surface area contributed by atoms with E-state index in [0.717, 1.165) is 11.8 Å². The average molecular weight is 392 g/mol. The molecule has 0 aliphatic carbocycles. The predicted molar refractivity (Wildman–Crippen MR) is 105 cm³/mol. The van der Waals surface area contributed by atoms with Gasteiger partial charge in [-0.2, -0.15) is 0 Å². The lowest BCUT2D eigenvalue weighted by atomic mass is 10.2. The molecule has 1 N–H and O–H groups in total. The van der Waals surface area contributed by atoms with Crippen molar-refractivity contribution in [3.63, 3.8) is 0 Å². The molecule has 0 fully saturated rings. The number of nitrogens with one attached hydrogen (secondary N) is 1. The zero-order valence-corrected chi connectivity index (χ0v) is 16.5. The van der Waals surface area contributed by atoms with E-state index < -0.39 is 10.0 Å². The number of ether oxygens (including phenoxy) is 2. The monoisotopic (exact) mass is 392 g/mol. The summed E-state index contributed by atoms with van der Waals surface area (Å²) in [5.41, 5.74) is 1.25. The number of para-hydroxylation sites is 3. The van der Waals surface area contributed by atoms with Crippen molar-refractivity contribution >= 4 is 21.6 Å². The van der Waals surface area contributed by atoms with E-state index in [-0.39, 0.29) is 18.9 Å². The Morgan fingerprint density at radius 1 is 1.00 bits per heavy atom. The van der Waals surface area contributed by atoms with Crippen LogP contribution in [0, 0.1) is 0 Å². The lowest BCUT2D eigenvalue weighted by Gasteiger charge is -2.24. The van der Waals surface area contributed by atoms with Gasteiger partial charge in [0.15, 0.2) is 0 Å². The normalized spacial score (nSPS) is 10.9. The molecule has 8 heteroatoms. The minimum absolute atomic E-state index is 0.0109. The number of nitrogens with zero attached hydrogens (tertiary/aromatic N) is 1. The molecule has 0 atom stereocenters. The van der Waals surface area contributed by atoms with Crippen LogP contribution in [0.3, 0.4) is 0 Å². The van der Waals surface area contributed by atoms with Crippen LogP contribution in [0.4, 0.5) is 5.69 Å². The molecule has 0 saturated carbocycles. The number of anilines is 1. The Bertz CT molecular complexity index is 883. The van der Waals surface area contributed by atoms with Crippen molar-refractivity contribution in [3.8, 4) is 11.5 Å². The van der Waals surface area contributed by atoms with E-state index >= 15 is 0 Å². The van der Waals surface area contributed by atoms with Crippen LogP contribution in [0.15, 0.2) is 48.5 Å². The number of sulfonamides is 1. The number of carbonyl (C=O) groups excluding carboxylic acids is 1. The summed E-state index contributed by atoms with van der Waals surface area (Å²) in [5, 5.41) is 2.79. The number of hydrogen-bond donors (Lipinski definition) is 1. The minimum atomic E-state index is -3.57. The van der Waals surface area contributed by atoms with Crippen molar-refractivity contribution in [2.45, 2.75) is 13.0 Å². The Kier molecular flexibility index (Phi) is 7.06. The number of amides is 1. The van der Waals surface area contributed by atoms with Gasteiger partial charge in [0, 0.05) is 25.1 Å². The fraction of sp³-hybridized carbons (Fsp3) is 0.316. The number of rotatable bonds is 9. The minimum Gasteiger partial charge on any atom is -0.496 e. The molecule has 0 spiro atoms. The van der Waals surface area contributed by atoms with E-state index in [1.165, 1.54) is 11.4 Å². The van der Waals surface area contributed by atoms with Crippen molar-refractivity contribution in [2.75, 3.05) is 31.3 Å². The highest BCUT2D eigenvalue weighted by Gasteiger charge is 2.21. The van der Waals surface area contributed by atoms with Gasteiger partial charge in [0.1, 0.15) is 11.5 Å². The van der Waals surface area contributed by atoms with Gasteiger partial charge in [0.2, 0.25) is 15.9 Å². The molecule has 0 bridgehead atoms. The van der Waals surface area contributed by atoms with Crippen LogP contribution in [-0.2, 0) is 21.4 Å². The molecule has 0 heterocycles. The molecular weight excluding hydrogens is 368 g/mol. The lowest BCUT2D eigenvalue weighted by Crippen LogP contribution is -2.34. The maximum Gasteiger partial charge on any atom is 0.232 e. The quantitative estimate of drug-likeness (QED) is 0.707. The summed E-state index contributed by atoms with van der Waals surface area (Å²) < 4.78 is 36.1. The smallest absolute Gasteiger partial charge is 0.232 e. The highest BCUT2D eigenvalue weighted by Crippen LogP contribution is 2.29. The van der Waals surface area contributed by atoms with Crippen molar-refractivity contribution in [2.24, 2.45) is 0 Å². The molecule has 0 aliphatic rings. The van der Waals surface area contributed by atoms with Gasteiger partial charge in [-0.25, -0.2) is 8.42 Å². The number of benzene rings is 2. The average Bonchev–Trinajstić information content (AvgIpc) is 2.66.